The minimum Gasteiger partial charge on any atom is -0.452 e. The molecule has 3 aromatic rings. The van der Waals surface area contributed by atoms with E-state index in [1.807, 2.05) is 51.1 Å². The molecule has 0 fully saturated rings. The smallest absolute Gasteiger partial charge is 0.238 e. The predicted molar refractivity (Wildman–Crippen MR) is 78.2 cm³/mol. The third kappa shape index (κ3) is 2.00. The summed E-state index contributed by atoms with van der Waals surface area (Å²) in [6, 6.07) is 9.69. The maximum absolute atomic E-state index is 12.4. The van der Waals surface area contributed by atoms with E-state index in [2.05, 4.69) is 0 Å². The zero-order chi connectivity index (χ0) is 13.6. The van der Waals surface area contributed by atoms with Crippen molar-refractivity contribution in [3.8, 4) is 0 Å². The minimum absolute atomic E-state index is 0.0307. The monoisotopic (exact) mass is 270 g/mol. The van der Waals surface area contributed by atoms with Crippen molar-refractivity contribution in [1.82, 2.24) is 0 Å². The molecule has 19 heavy (non-hydrogen) atoms. The van der Waals surface area contributed by atoms with E-state index in [-0.39, 0.29) is 5.78 Å². The van der Waals surface area contributed by atoms with Crippen LogP contribution in [0.3, 0.4) is 0 Å². The van der Waals surface area contributed by atoms with E-state index in [9.17, 15) is 4.79 Å². The maximum Gasteiger partial charge on any atom is 0.238 e. The molecule has 1 aromatic carbocycles. The highest BCUT2D eigenvalue weighted by Crippen LogP contribution is 2.27. The Morgan fingerprint density at radius 2 is 1.89 bits per heavy atom. The summed E-state index contributed by atoms with van der Waals surface area (Å²) in [5.41, 5.74) is 3.01. The van der Waals surface area contributed by atoms with Crippen LogP contribution in [0.5, 0.6) is 0 Å². The number of furan rings is 1. The molecule has 3 heteroatoms. The Labute approximate surface area is 115 Å². The molecule has 0 bridgehead atoms. The van der Waals surface area contributed by atoms with Crippen LogP contribution in [0.15, 0.2) is 34.7 Å². The van der Waals surface area contributed by atoms with E-state index in [0.29, 0.717) is 5.76 Å². The number of para-hydroxylation sites is 1. The Bertz CT molecular complexity index is 758. The van der Waals surface area contributed by atoms with Gasteiger partial charge in [-0.3, -0.25) is 4.79 Å². The van der Waals surface area contributed by atoms with E-state index in [1.54, 1.807) is 0 Å². The highest BCUT2D eigenvalue weighted by Gasteiger charge is 2.17. The molecule has 96 valence electrons. The third-order valence-corrected chi connectivity index (χ3v) is 4.51. The molecule has 0 aliphatic carbocycles. The third-order valence-electron chi connectivity index (χ3n) is 3.35. The highest BCUT2D eigenvalue weighted by atomic mass is 32.1. The number of aryl methyl sites for hydroxylation is 3. The standard InChI is InChI=1S/C16H14O2S/c1-9-5-4-6-12-8-13(18-16(9)12)15(17)14-7-10(2)11(3)19-14/h4-8H,1-3H3. The topological polar surface area (TPSA) is 30.2 Å². The van der Waals surface area contributed by atoms with Gasteiger partial charge in [-0.25, -0.2) is 0 Å². The first-order valence-corrected chi connectivity index (χ1v) is 6.99. The minimum atomic E-state index is -0.0307. The Morgan fingerprint density at radius 3 is 2.53 bits per heavy atom. The molecule has 0 amide bonds. The maximum atomic E-state index is 12.4. The molecular weight excluding hydrogens is 256 g/mol. The van der Waals surface area contributed by atoms with Gasteiger partial charge in [0.05, 0.1) is 4.88 Å². The van der Waals surface area contributed by atoms with E-state index < -0.39 is 0 Å². The Hall–Kier alpha value is -1.87. The Morgan fingerprint density at radius 1 is 1.11 bits per heavy atom. The van der Waals surface area contributed by atoms with Crippen LogP contribution < -0.4 is 0 Å². The van der Waals surface area contributed by atoms with Gasteiger partial charge in [-0.2, -0.15) is 0 Å². The van der Waals surface area contributed by atoms with Crippen molar-refractivity contribution in [2.45, 2.75) is 20.8 Å². The number of carbonyl (C=O) groups is 1. The molecule has 0 aliphatic rings. The summed E-state index contributed by atoms with van der Waals surface area (Å²) in [6.45, 7) is 6.03. The number of carbonyl (C=O) groups excluding carboxylic acids is 1. The molecule has 2 aromatic heterocycles. The van der Waals surface area contributed by atoms with E-state index in [0.717, 1.165) is 27.0 Å². The van der Waals surface area contributed by atoms with Crippen LogP contribution in [0.25, 0.3) is 11.0 Å². The van der Waals surface area contributed by atoms with Gasteiger partial charge in [0.2, 0.25) is 5.78 Å². The van der Waals surface area contributed by atoms with Crippen molar-refractivity contribution < 1.29 is 9.21 Å². The zero-order valence-electron chi connectivity index (χ0n) is 11.1. The molecule has 0 atom stereocenters. The Balaban J connectivity index is 2.09. The molecule has 2 nitrogen and oxygen atoms in total. The first-order chi connectivity index (χ1) is 9.06. The number of fused-ring (bicyclic) bond motifs is 1. The normalized spacial score (nSPS) is 11.1. The van der Waals surface area contributed by atoms with Crippen molar-refractivity contribution in [1.29, 1.82) is 0 Å². The van der Waals surface area contributed by atoms with Crippen LogP contribution in [0, 0.1) is 20.8 Å². The van der Waals surface area contributed by atoms with Crippen LogP contribution in [-0.4, -0.2) is 5.78 Å². The fourth-order valence-corrected chi connectivity index (χ4v) is 3.11. The number of rotatable bonds is 2. The SMILES string of the molecule is Cc1cc(C(=O)c2cc3cccc(C)c3o2)sc1C. The molecule has 2 heterocycles. The van der Waals surface area contributed by atoms with Gasteiger partial charge in [0.15, 0.2) is 5.76 Å². The average Bonchev–Trinajstić information content (AvgIpc) is 2.94. The molecule has 3 rings (SSSR count). The van der Waals surface area contributed by atoms with Crippen molar-refractivity contribution in [2.24, 2.45) is 0 Å². The summed E-state index contributed by atoms with van der Waals surface area (Å²) >= 11 is 1.52. The first-order valence-electron chi connectivity index (χ1n) is 6.17. The van der Waals surface area contributed by atoms with Gasteiger partial charge in [-0.1, -0.05) is 18.2 Å². The number of ketones is 1. The van der Waals surface area contributed by atoms with Gasteiger partial charge in [-0.05, 0) is 44.0 Å². The molecule has 0 spiro atoms. The van der Waals surface area contributed by atoms with E-state index >= 15 is 0 Å². The lowest BCUT2D eigenvalue weighted by Crippen LogP contribution is -1.95. The number of hydrogen-bond donors (Lipinski definition) is 0. The molecular formula is C16H14O2S. The zero-order valence-corrected chi connectivity index (χ0v) is 11.9. The molecule has 0 saturated heterocycles. The van der Waals surface area contributed by atoms with Gasteiger partial charge < -0.3 is 4.42 Å². The predicted octanol–water partition coefficient (Wildman–Crippen LogP) is 4.65. The molecule has 0 N–H and O–H groups in total. The van der Waals surface area contributed by atoms with Crippen LogP contribution in [-0.2, 0) is 0 Å². The fourth-order valence-electron chi connectivity index (χ4n) is 2.13. The van der Waals surface area contributed by atoms with Crippen molar-refractivity contribution in [3.63, 3.8) is 0 Å². The van der Waals surface area contributed by atoms with Crippen molar-refractivity contribution in [2.75, 3.05) is 0 Å². The van der Waals surface area contributed by atoms with Gasteiger partial charge in [-0.15, -0.1) is 11.3 Å². The first kappa shape index (κ1) is 12.2. The summed E-state index contributed by atoms with van der Waals surface area (Å²) in [7, 11) is 0. The second-order valence-electron chi connectivity index (χ2n) is 4.78. The average molecular weight is 270 g/mol. The summed E-state index contributed by atoms with van der Waals surface area (Å²) in [5.74, 6) is 0.391. The van der Waals surface area contributed by atoms with Gasteiger partial charge in [0.25, 0.3) is 0 Å². The molecule has 0 unspecified atom stereocenters. The molecule has 0 aliphatic heterocycles. The van der Waals surface area contributed by atoms with Gasteiger partial charge >= 0.3 is 0 Å². The van der Waals surface area contributed by atoms with Gasteiger partial charge in [0, 0.05) is 10.3 Å². The van der Waals surface area contributed by atoms with Crippen LogP contribution >= 0.6 is 11.3 Å². The van der Waals surface area contributed by atoms with Gasteiger partial charge in [0.1, 0.15) is 5.58 Å². The Kier molecular flexibility index (Phi) is 2.79. The lowest BCUT2D eigenvalue weighted by atomic mass is 10.1. The van der Waals surface area contributed by atoms with Crippen LogP contribution in [0.1, 0.15) is 31.4 Å². The second kappa shape index (κ2) is 4.35. The number of thiophene rings is 1. The lowest BCUT2D eigenvalue weighted by Gasteiger charge is -1.93. The largest absolute Gasteiger partial charge is 0.452 e. The lowest BCUT2D eigenvalue weighted by molar-refractivity contribution is 0.101. The highest BCUT2D eigenvalue weighted by molar-refractivity contribution is 7.14. The van der Waals surface area contributed by atoms with E-state index in [1.165, 1.54) is 16.2 Å². The molecule has 0 radical (unpaired) electrons. The number of hydrogen-bond acceptors (Lipinski definition) is 3. The van der Waals surface area contributed by atoms with Crippen molar-refractivity contribution >= 4 is 28.1 Å². The number of benzene rings is 1. The van der Waals surface area contributed by atoms with Crippen LogP contribution in [0.4, 0.5) is 0 Å². The molecule has 0 saturated carbocycles. The second-order valence-corrected chi connectivity index (χ2v) is 6.04. The summed E-state index contributed by atoms with van der Waals surface area (Å²) in [5, 5.41) is 0.980. The van der Waals surface area contributed by atoms with E-state index in [4.69, 9.17) is 4.42 Å². The quantitative estimate of drug-likeness (QED) is 0.634. The van der Waals surface area contributed by atoms with Crippen molar-refractivity contribution in [3.05, 3.63) is 57.0 Å². The van der Waals surface area contributed by atoms with Crippen LogP contribution in [0.2, 0.25) is 0 Å². The summed E-state index contributed by atoms with van der Waals surface area (Å²) < 4.78 is 5.72. The fraction of sp³-hybridized carbons (Fsp3) is 0.188. The summed E-state index contributed by atoms with van der Waals surface area (Å²) in [4.78, 5) is 14.3. The summed E-state index contributed by atoms with van der Waals surface area (Å²) in [6.07, 6.45) is 0.